The number of hydrogen-bond donors (Lipinski definition) is 2. The lowest BCUT2D eigenvalue weighted by Gasteiger charge is -2.08. The van der Waals surface area contributed by atoms with Crippen molar-refractivity contribution in [1.29, 1.82) is 0 Å². The van der Waals surface area contributed by atoms with Gasteiger partial charge in [-0.25, -0.2) is 9.07 Å². The van der Waals surface area contributed by atoms with E-state index in [9.17, 15) is 14.0 Å². The molecule has 26 heavy (non-hydrogen) atoms. The molecule has 132 valence electrons. The molecular formula is C19H17FN4O2. The number of allylic oxidation sites excluding steroid dienone is 4. The second-order valence-corrected chi connectivity index (χ2v) is 5.62. The Balaban J connectivity index is 1.74. The number of carbonyl (C=O) groups excluding carboxylic acids is 2. The summed E-state index contributed by atoms with van der Waals surface area (Å²) >= 11 is 0. The van der Waals surface area contributed by atoms with Gasteiger partial charge in [0, 0.05) is 11.9 Å². The van der Waals surface area contributed by atoms with Crippen LogP contribution in [0.15, 0.2) is 61.5 Å². The number of aromatic nitrogens is 2. The average Bonchev–Trinajstić information content (AvgIpc) is 3.15. The zero-order valence-corrected chi connectivity index (χ0v) is 13.9. The molecule has 0 fully saturated rings. The van der Waals surface area contributed by atoms with Gasteiger partial charge in [-0.1, -0.05) is 18.7 Å². The summed E-state index contributed by atoms with van der Waals surface area (Å²) in [5, 5.41) is 9.20. The third kappa shape index (κ3) is 3.94. The molecular weight excluding hydrogens is 335 g/mol. The Hall–Kier alpha value is -3.48. The maximum absolute atomic E-state index is 13.7. The van der Waals surface area contributed by atoms with E-state index in [0.717, 1.165) is 30.7 Å². The minimum Gasteiger partial charge on any atom is -0.322 e. The van der Waals surface area contributed by atoms with Crippen LogP contribution in [0.2, 0.25) is 0 Å². The molecule has 2 aromatic rings. The van der Waals surface area contributed by atoms with Gasteiger partial charge in [-0.05, 0) is 43.2 Å². The van der Waals surface area contributed by atoms with Crippen LogP contribution in [-0.2, 0) is 4.79 Å². The molecule has 1 aliphatic rings. The third-order valence-electron chi connectivity index (χ3n) is 3.75. The lowest BCUT2D eigenvalue weighted by atomic mass is 10.1. The summed E-state index contributed by atoms with van der Waals surface area (Å²) in [7, 11) is 0. The summed E-state index contributed by atoms with van der Waals surface area (Å²) in [5.41, 5.74) is 1.58. The molecule has 0 unspecified atom stereocenters. The van der Waals surface area contributed by atoms with Crippen molar-refractivity contribution >= 4 is 28.9 Å². The first-order valence-corrected chi connectivity index (χ1v) is 8.03. The maximum atomic E-state index is 13.7. The molecule has 3 rings (SSSR count). The molecule has 2 N–H and O–H groups in total. The van der Waals surface area contributed by atoms with Crippen LogP contribution in [0, 0.1) is 5.82 Å². The number of anilines is 2. The van der Waals surface area contributed by atoms with Crippen LogP contribution >= 0.6 is 0 Å². The zero-order chi connectivity index (χ0) is 18.5. The minimum atomic E-state index is -0.609. The van der Waals surface area contributed by atoms with Gasteiger partial charge in [0.05, 0.1) is 23.1 Å². The first-order valence-electron chi connectivity index (χ1n) is 8.03. The summed E-state index contributed by atoms with van der Waals surface area (Å²) in [6, 6.07) is 3.91. The number of hydrogen-bond acceptors (Lipinski definition) is 3. The van der Waals surface area contributed by atoms with Gasteiger partial charge in [-0.3, -0.25) is 9.59 Å². The summed E-state index contributed by atoms with van der Waals surface area (Å²) in [6.45, 7) is 3.31. The van der Waals surface area contributed by atoms with E-state index in [-0.39, 0.29) is 11.6 Å². The van der Waals surface area contributed by atoms with Crippen molar-refractivity contribution in [3.63, 3.8) is 0 Å². The average molecular weight is 352 g/mol. The highest BCUT2D eigenvalue weighted by Gasteiger charge is 2.12. The number of nitrogens with zero attached hydrogens (tertiary/aromatic N) is 2. The highest BCUT2D eigenvalue weighted by Crippen LogP contribution is 2.21. The molecule has 0 radical (unpaired) electrons. The van der Waals surface area contributed by atoms with Crippen LogP contribution in [0.25, 0.3) is 5.70 Å². The third-order valence-corrected chi connectivity index (χ3v) is 3.75. The van der Waals surface area contributed by atoms with Gasteiger partial charge in [-0.15, -0.1) is 0 Å². The van der Waals surface area contributed by atoms with Crippen LogP contribution in [-0.4, -0.2) is 21.6 Å². The van der Waals surface area contributed by atoms with Crippen LogP contribution in [0.3, 0.4) is 0 Å². The predicted molar refractivity (Wildman–Crippen MR) is 98.1 cm³/mol. The van der Waals surface area contributed by atoms with Gasteiger partial charge < -0.3 is 10.6 Å². The van der Waals surface area contributed by atoms with Gasteiger partial charge in [0.1, 0.15) is 5.82 Å². The second-order valence-electron chi connectivity index (χ2n) is 5.62. The Morgan fingerprint density at radius 1 is 1.27 bits per heavy atom. The summed E-state index contributed by atoms with van der Waals surface area (Å²) in [5.74, 6) is -1.53. The normalized spacial score (nSPS) is 13.0. The van der Waals surface area contributed by atoms with Gasteiger partial charge >= 0.3 is 0 Å². The van der Waals surface area contributed by atoms with E-state index in [1.807, 2.05) is 18.2 Å². The van der Waals surface area contributed by atoms with Crippen LogP contribution < -0.4 is 10.6 Å². The molecule has 0 aliphatic heterocycles. The highest BCUT2D eigenvalue weighted by molar-refractivity contribution is 6.05. The summed E-state index contributed by atoms with van der Waals surface area (Å²) in [4.78, 5) is 23.7. The molecule has 6 nitrogen and oxygen atoms in total. The van der Waals surface area contributed by atoms with Gasteiger partial charge in [0.15, 0.2) is 0 Å². The molecule has 7 heteroatoms. The Bertz CT molecular complexity index is 927. The highest BCUT2D eigenvalue weighted by atomic mass is 19.1. The van der Waals surface area contributed by atoms with Crippen LogP contribution in [0.4, 0.5) is 15.8 Å². The van der Waals surface area contributed by atoms with E-state index >= 15 is 0 Å². The number of carbonyl (C=O) groups is 2. The molecule has 2 amide bonds. The van der Waals surface area contributed by atoms with Crippen molar-refractivity contribution in [2.75, 3.05) is 10.6 Å². The Morgan fingerprint density at radius 3 is 2.85 bits per heavy atom. The number of rotatable bonds is 5. The van der Waals surface area contributed by atoms with E-state index < -0.39 is 11.7 Å². The summed E-state index contributed by atoms with van der Waals surface area (Å²) in [6.07, 6.45) is 12.1. The molecule has 0 bridgehead atoms. The zero-order valence-electron chi connectivity index (χ0n) is 13.9. The van der Waals surface area contributed by atoms with Crippen molar-refractivity contribution in [3.05, 3.63) is 72.9 Å². The van der Waals surface area contributed by atoms with E-state index in [1.165, 1.54) is 18.3 Å². The monoisotopic (exact) mass is 352 g/mol. The standard InChI is InChI=1S/C19H17FN4O2/c1-2-18(25)23-17-10-14(8-9-16(17)20)22-19(26)13-11-21-24(12-13)15-6-4-3-5-7-15/h2,4,6-12H,1,3,5H2,(H,22,26)(H,23,25). The molecule has 1 aromatic heterocycles. The topological polar surface area (TPSA) is 76.0 Å². The molecule has 0 saturated heterocycles. The number of nitrogens with one attached hydrogen (secondary N) is 2. The summed E-state index contributed by atoms with van der Waals surface area (Å²) < 4.78 is 15.4. The lowest BCUT2D eigenvalue weighted by molar-refractivity contribution is -0.111. The number of benzene rings is 1. The van der Waals surface area contributed by atoms with Gasteiger partial charge in [0.2, 0.25) is 5.91 Å². The molecule has 0 spiro atoms. The fourth-order valence-electron chi connectivity index (χ4n) is 2.44. The van der Waals surface area contributed by atoms with E-state index in [0.29, 0.717) is 11.3 Å². The number of amides is 2. The Labute approximate surface area is 149 Å². The SMILES string of the molecule is C=CC(=O)Nc1cc(NC(=O)c2cnn(C3=CCCC=C3)c2)ccc1F. The van der Waals surface area contributed by atoms with Crippen LogP contribution in [0.1, 0.15) is 23.2 Å². The van der Waals surface area contributed by atoms with Gasteiger partial charge in [0.25, 0.3) is 5.91 Å². The first kappa shape index (κ1) is 17.3. The number of halogens is 1. The van der Waals surface area contributed by atoms with Crippen molar-refractivity contribution in [3.8, 4) is 0 Å². The van der Waals surface area contributed by atoms with Crippen molar-refractivity contribution < 1.29 is 14.0 Å². The molecule has 1 aromatic carbocycles. The fourth-order valence-corrected chi connectivity index (χ4v) is 2.44. The van der Waals surface area contributed by atoms with Gasteiger partial charge in [-0.2, -0.15) is 5.10 Å². The maximum Gasteiger partial charge on any atom is 0.258 e. The minimum absolute atomic E-state index is 0.0408. The second kappa shape index (κ2) is 7.60. The molecule has 1 aliphatic carbocycles. The van der Waals surface area contributed by atoms with E-state index in [1.54, 1.807) is 10.9 Å². The lowest BCUT2D eigenvalue weighted by Crippen LogP contribution is -2.13. The van der Waals surface area contributed by atoms with E-state index in [2.05, 4.69) is 22.3 Å². The molecule has 1 heterocycles. The fraction of sp³-hybridized carbons (Fsp3) is 0.105. The smallest absolute Gasteiger partial charge is 0.258 e. The van der Waals surface area contributed by atoms with E-state index in [4.69, 9.17) is 0 Å². The quantitative estimate of drug-likeness (QED) is 0.808. The van der Waals surface area contributed by atoms with Crippen molar-refractivity contribution in [1.82, 2.24) is 9.78 Å². The Morgan fingerprint density at radius 2 is 2.12 bits per heavy atom. The largest absolute Gasteiger partial charge is 0.322 e. The van der Waals surface area contributed by atoms with Crippen molar-refractivity contribution in [2.45, 2.75) is 12.8 Å². The predicted octanol–water partition coefficient (Wildman–Crippen LogP) is 3.59. The molecule has 0 atom stereocenters. The van der Waals surface area contributed by atoms with Crippen LogP contribution in [0.5, 0.6) is 0 Å². The Kier molecular flexibility index (Phi) is 5.07. The molecule has 0 saturated carbocycles. The van der Waals surface area contributed by atoms with Crippen molar-refractivity contribution in [2.24, 2.45) is 0 Å². The first-order chi connectivity index (χ1) is 12.6.